The minimum absolute atomic E-state index is 0.211. The molecule has 88 valence electrons. The smallest absolute Gasteiger partial charge is 0.253 e. The van der Waals surface area contributed by atoms with E-state index in [9.17, 15) is 4.79 Å². The van der Waals surface area contributed by atoms with E-state index in [0.717, 1.165) is 16.1 Å². The molecule has 0 unspecified atom stereocenters. The summed E-state index contributed by atoms with van der Waals surface area (Å²) in [5, 5.41) is 0.471. The van der Waals surface area contributed by atoms with E-state index < -0.39 is 0 Å². The normalized spacial score (nSPS) is 10.4. The van der Waals surface area contributed by atoms with Crippen LogP contribution >= 0.6 is 11.8 Å². The van der Waals surface area contributed by atoms with Crippen molar-refractivity contribution in [1.82, 2.24) is 9.97 Å². The molecule has 0 bridgehead atoms. The van der Waals surface area contributed by atoms with E-state index >= 15 is 0 Å². The summed E-state index contributed by atoms with van der Waals surface area (Å²) >= 11 is 1.34. The third-order valence-corrected chi connectivity index (χ3v) is 3.07. The lowest BCUT2D eigenvalue weighted by molar-refractivity contribution is 0.945. The quantitative estimate of drug-likeness (QED) is 0.551. The van der Waals surface area contributed by atoms with Crippen molar-refractivity contribution < 1.29 is 0 Å². The van der Waals surface area contributed by atoms with Gasteiger partial charge in [-0.1, -0.05) is 11.8 Å². The van der Waals surface area contributed by atoms with Crippen molar-refractivity contribution in [2.24, 2.45) is 0 Å². The van der Waals surface area contributed by atoms with Gasteiger partial charge in [-0.15, -0.1) is 0 Å². The molecule has 0 spiro atoms. The summed E-state index contributed by atoms with van der Waals surface area (Å²) in [4.78, 5) is 18.8. The number of nitrogens with two attached hydrogens (primary N) is 2. The largest absolute Gasteiger partial charge is 0.399 e. The summed E-state index contributed by atoms with van der Waals surface area (Å²) in [6.07, 6.45) is 0. The van der Waals surface area contributed by atoms with E-state index in [1.165, 1.54) is 17.8 Å². The predicted molar refractivity (Wildman–Crippen MR) is 69.0 cm³/mol. The van der Waals surface area contributed by atoms with Gasteiger partial charge in [0.2, 0.25) is 0 Å². The number of anilines is 2. The van der Waals surface area contributed by atoms with Crippen LogP contribution in [0.4, 0.5) is 11.5 Å². The molecule has 0 saturated heterocycles. The number of aromatic nitrogens is 2. The molecular weight excluding hydrogens is 236 g/mol. The Labute approximate surface area is 102 Å². The maximum Gasteiger partial charge on any atom is 0.253 e. The minimum Gasteiger partial charge on any atom is -0.399 e. The summed E-state index contributed by atoms with van der Waals surface area (Å²) in [7, 11) is 0. The Kier molecular flexibility index (Phi) is 3.06. The lowest BCUT2D eigenvalue weighted by atomic mass is 10.2. The molecule has 1 aromatic heterocycles. The molecule has 1 aromatic carbocycles. The number of rotatable bonds is 2. The molecule has 5 N–H and O–H groups in total. The topological polar surface area (TPSA) is 97.8 Å². The average molecular weight is 248 g/mol. The highest BCUT2D eigenvalue weighted by molar-refractivity contribution is 7.99. The molecular formula is C11H12N4OS. The van der Waals surface area contributed by atoms with Crippen LogP contribution in [0, 0.1) is 6.92 Å². The van der Waals surface area contributed by atoms with Gasteiger partial charge in [-0.05, 0) is 30.7 Å². The standard InChI is InChI=1S/C11H12N4OS/c1-6-4-7(2-3-8(6)12)17-11-14-9(13)5-10(16)15-11/h2-5H,12H2,1H3,(H3,13,14,15,16). The molecule has 0 radical (unpaired) electrons. The Morgan fingerprint density at radius 1 is 1.29 bits per heavy atom. The van der Waals surface area contributed by atoms with Crippen LogP contribution in [0.25, 0.3) is 0 Å². The van der Waals surface area contributed by atoms with Crippen LogP contribution < -0.4 is 17.0 Å². The third kappa shape index (κ3) is 2.79. The fourth-order valence-electron chi connectivity index (χ4n) is 1.32. The molecule has 17 heavy (non-hydrogen) atoms. The zero-order valence-electron chi connectivity index (χ0n) is 9.23. The Morgan fingerprint density at radius 2 is 2.06 bits per heavy atom. The van der Waals surface area contributed by atoms with Gasteiger partial charge in [0.15, 0.2) is 5.16 Å². The van der Waals surface area contributed by atoms with Crippen LogP contribution in [0.5, 0.6) is 0 Å². The number of hydrogen-bond acceptors (Lipinski definition) is 5. The summed E-state index contributed by atoms with van der Waals surface area (Å²) < 4.78 is 0. The zero-order valence-corrected chi connectivity index (χ0v) is 10.0. The second-order valence-corrected chi connectivity index (χ2v) is 4.66. The highest BCUT2D eigenvalue weighted by Gasteiger charge is 2.03. The van der Waals surface area contributed by atoms with E-state index in [1.807, 2.05) is 25.1 Å². The molecule has 1 heterocycles. The first-order chi connectivity index (χ1) is 8.04. The van der Waals surface area contributed by atoms with Crippen molar-refractivity contribution in [3.8, 4) is 0 Å². The maximum absolute atomic E-state index is 11.2. The Morgan fingerprint density at radius 3 is 2.71 bits per heavy atom. The van der Waals surface area contributed by atoms with Crippen molar-refractivity contribution in [1.29, 1.82) is 0 Å². The molecule has 2 aromatic rings. The molecule has 0 aliphatic rings. The van der Waals surface area contributed by atoms with Gasteiger partial charge in [0.25, 0.3) is 5.56 Å². The first-order valence-corrected chi connectivity index (χ1v) is 5.77. The number of nitrogens with one attached hydrogen (secondary N) is 1. The SMILES string of the molecule is Cc1cc(Sc2nc(N)cc(=O)[nH]2)ccc1N. The fraction of sp³-hybridized carbons (Fsp3) is 0.0909. The number of H-pyrrole nitrogens is 1. The van der Waals surface area contributed by atoms with Crippen LogP contribution in [0.2, 0.25) is 0 Å². The van der Waals surface area contributed by atoms with Gasteiger partial charge >= 0.3 is 0 Å². The summed E-state index contributed by atoms with van der Waals surface area (Å²) in [5.74, 6) is 0.211. The monoisotopic (exact) mass is 248 g/mol. The van der Waals surface area contributed by atoms with Crippen LogP contribution in [0.3, 0.4) is 0 Å². The number of hydrogen-bond donors (Lipinski definition) is 3. The van der Waals surface area contributed by atoms with Gasteiger partial charge in [0.1, 0.15) is 5.82 Å². The number of aromatic amines is 1. The van der Waals surface area contributed by atoms with Crippen molar-refractivity contribution in [2.75, 3.05) is 11.5 Å². The Bertz CT molecular complexity index is 609. The molecule has 0 saturated carbocycles. The Hall–Kier alpha value is -1.95. The van der Waals surface area contributed by atoms with Crippen LogP contribution in [-0.2, 0) is 0 Å². The van der Waals surface area contributed by atoms with Gasteiger partial charge in [-0.2, -0.15) is 0 Å². The van der Waals surface area contributed by atoms with Crippen molar-refractivity contribution >= 4 is 23.3 Å². The maximum atomic E-state index is 11.2. The van der Waals surface area contributed by atoms with Crippen molar-refractivity contribution in [3.05, 3.63) is 40.2 Å². The molecule has 0 fully saturated rings. The van der Waals surface area contributed by atoms with E-state index in [-0.39, 0.29) is 11.4 Å². The average Bonchev–Trinajstić information content (AvgIpc) is 2.22. The summed E-state index contributed by atoms with van der Waals surface area (Å²) in [6.45, 7) is 1.93. The minimum atomic E-state index is -0.257. The van der Waals surface area contributed by atoms with E-state index in [1.54, 1.807) is 0 Å². The summed E-state index contributed by atoms with van der Waals surface area (Å²) in [5.41, 5.74) is 12.7. The van der Waals surface area contributed by atoms with Crippen molar-refractivity contribution in [2.45, 2.75) is 17.0 Å². The van der Waals surface area contributed by atoms with Crippen LogP contribution in [0.15, 0.2) is 39.1 Å². The Balaban J connectivity index is 2.31. The third-order valence-electron chi connectivity index (χ3n) is 2.20. The second-order valence-electron chi connectivity index (χ2n) is 3.60. The molecule has 0 aliphatic carbocycles. The summed E-state index contributed by atoms with van der Waals surface area (Å²) in [6, 6.07) is 6.87. The number of benzene rings is 1. The zero-order chi connectivity index (χ0) is 12.4. The number of nitrogens with zero attached hydrogens (tertiary/aromatic N) is 1. The molecule has 5 nitrogen and oxygen atoms in total. The molecule has 0 amide bonds. The van der Waals surface area contributed by atoms with E-state index in [2.05, 4.69) is 9.97 Å². The highest BCUT2D eigenvalue weighted by Crippen LogP contribution is 2.26. The molecule has 0 aliphatic heterocycles. The van der Waals surface area contributed by atoms with Crippen LogP contribution in [0.1, 0.15) is 5.56 Å². The number of nitrogen functional groups attached to an aromatic ring is 2. The van der Waals surface area contributed by atoms with Gasteiger partial charge in [-0.25, -0.2) is 4.98 Å². The first-order valence-electron chi connectivity index (χ1n) is 4.95. The number of aryl methyl sites for hydroxylation is 1. The molecule has 6 heteroatoms. The van der Waals surface area contributed by atoms with Gasteiger partial charge in [-0.3, -0.25) is 4.79 Å². The van der Waals surface area contributed by atoms with Gasteiger partial charge in [0, 0.05) is 16.6 Å². The van der Waals surface area contributed by atoms with E-state index in [4.69, 9.17) is 11.5 Å². The second kappa shape index (κ2) is 4.50. The molecule has 0 atom stereocenters. The lowest BCUT2D eigenvalue weighted by Gasteiger charge is -2.04. The lowest BCUT2D eigenvalue weighted by Crippen LogP contribution is -2.09. The molecule has 2 rings (SSSR count). The van der Waals surface area contributed by atoms with E-state index in [0.29, 0.717) is 5.16 Å². The predicted octanol–water partition coefficient (Wildman–Crippen LogP) is 1.39. The van der Waals surface area contributed by atoms with Crippen LogP contribution in [-0.4, -0.2) is 9.97 Å². The van der Waals surface area contributed by atoms with Crippen molar-refractivity contribution in [3.63, 3.8) is 0 Å². The first kappa shape index (κ1) is 11.5. The van der Waals surface area contributed by atoms with Gasteiger partial charge in [0.05, 0.1) is 0 Å². The highest BCUT2D eigenvalue weighted by atomic mass is 32.2. The fourth-order valence-corrected chi connectivity index (χ4v) is 2.22. The van der Waals surface area contributed by atoms with Gasteiger partial charge < -0.3 is 16.5 Å².